The van der Waals surface area contributed by atoms with Gasteiger partial charge in [0.1, 0.15) is 5.82 Å². The maximum absolute atomic E-state index is 12.1. The first kappa shape index (κ1) is 24.6. The van der Waals surface area contributed by atoms with E-state index in [-0.39, 0.29) is 17.4 Å². The molecule has 6 nitrogen and oxygen atoms in total. The molecule has 1 aliphatic heterocycles. The Kier molecular flexibility index (Phi) is 8.57. The summed E-state index contributed by atoms with van der Waals surface area (Å²) in [6.45, 7) is 6.07. The molecule has 32 heavy (non-hydrogen) atoms. The van der Waals surface area contributed by atoms with Gasteiger partial charge < -0.3 is 15.7 Å². The molecule has 0 saturated heterocycles. The standard InChI is InChI=1S/C17H18N4OS.C6H12O.C2H6/c1-10-7-11(23-18-2)3-4-13(10)20-15-8-14-12(9-19-15)17(5-6-17)16(22)21-14;7-6-4-2-1-3-5-6;1-2/h3-4,7-9,18H,5-6H2,1-2H3,(H,19,20)(H,21,22);6-7H,1-5H2;1-2H3. The van der Waals surface area contributed by atoms with Gasteiger partial charge in [-0.3, -0.25) is 9.52 Å². The molecule has 2 aliphatic carbocycles. The molecule has 174 valence electrons. The van der Waals surface area contributed by atoms with Crippen LogP contribution in [-0.4, -0.2) is 29.1 Å². The molecule has 0 bridgehead atoms. The summed E-state index contributed by atoms with van der Waals surface area (Å²) in [5.74, 6) is 0.870. The highest BCUT2D eigenvalue weighted by Crippen LogP contribution is 2.55. The lowest BCUT2D eigenvalue weighted by Crippen LogP contribution is -2.18. The molecule has 4 N–H and O–H groups in total. The molecule has 2 aromatic rings. The smallest absolute Gasteiger partial charge is 0.235 e. The van der Waals surface area contributed by atoms with E-state index in [9.17, 15) is 4.79 Å². The Bertz CT molecular complexity index is 924. The average molecular weight is 457 g/mol. The van der Waals surface area contributed by atoms with Crippen molar-refractivity contribution in [2.75, 3.05) is 17.7 Å². The van der Waals surface area contributed by atoms with Crippen LogP contribution in [0.1, 0.15) is 69.9 Å². The van der Waals surface area contributed by atoms with Gasteiger partial charge in [-0.25, -0.2) is 4.98 Å². The van der Waals surface area contributed by atoms with Gasteiger partial charge in [0.2, 0.25) is 5.91 Å². The summed E-state index contributed by atoms with van der Waals surface area (Å²) in [6.07, 6.45) is 9.63. The third-order valence-corrected chi connectivity index (χ3v) is 6.80. The van der Waals surface area contributed by atoms with Gasteiger partial charge >= 0.3 is 0 Å². The van der Waals surface area contributed by atoms with E-state index in [0.29, 0.717) is 0 Å². The highest BCUT2D eigenvalue weighted by atomic mass is 32.2. The van der Waals surface area contributed by atoms with Crippen LogP contribution in [0.4, 0.5) is 17.2 Å². The van der Waals surface area contributed by atoms with Crippen LogP contribution in [0.3, 0.4) is 0 Å². The minimum Gasteiger partial charge on any atom is -0.393 e. The van der Waals surface area contributed by atoms with Crippen LogP contribution in [0.15, 0.2) is 35.4 Å². The van der Waals surface area contributed by atoms with Gasteiger partial charge in [0, 0.05) is 28.4 Å². The monoisotopic (exact) mass is 456 g/mol. The molecule has 2 saturated carbocycles. The van der Waals surface area contributed by atoms with Gasteiger partial charge in [-0.1, -0.05) is 33.1 Å². The van der Waals surface area contributed by atoms with Crippen molar-refractivity contribution < 1.29 is 9.90 Å². The summed E-state index contributed by atoms with van der Waals surface area (Å²) in [7, 11) is 1.90. The van der Waals surface area contributed by atoms with Crippen molar-refractivity contribution in [1.29, 1.82) is 0 Å². The second-order valence-corrected chi connectivity index (χ2v) is 9.43. The second kappa shape index (κ2) is 11.2. The highest BCUT2D eigenvalue weighted by Gasteiger charge is 2.56. The third kappa shape index (κ3) is 5.63. The van der Waals surface area contributed by atoms with Crippen molar-refractivity contribution in [1.82, 2.24) is 9.71 Å². The molecule has 2 fully saturated rings. The first-order valence-electron chi connectivity index (χ1n) is 11.7. The molecule has 2 heterocycles. The number of hydrogen-bond donors (Lipinski definition) is 4. The van der Waals surface area contributed by atoms with E-state index in [1.165, 1.54) is 24.2 Å². The minimum atomic E-state index is -0.275. The number of hydrogen-bond acceptors (Lipinski definition) is 6. The molecule has 5 rings (SSSR count). The average Bonchev–Trinajstić information content (AvgIpc) is 3.55. The zero-order valence-electron chi connectivity index (χ0n) is 19.6. The van der Waals surface area contributed by atoms with Gasteiger partial charge in [-0.2, -0.15) is 0 Å². The van der Waals surface area contributed by atoms with Crippen LogP contribution < -0.4 is 15.4 Å². The fourth-order valence-electron chi connectivity index (χ4n) is 4.17. The summed E-state index contributed by atoms with van der Waals surface area (Å²) in [5, 5.41) is 15.2. The van der Waals surface area contributed by atoms with E-state index in [0.717, 1.165) is 54.0 Å². The number of rotatable bonds is 4. The molecule has 1 aromatic carbocycles. The number of carbonyl (C=O) groups excluding carboxylic acids is 1. The van der Waals surface area contributed by atoms with Crippen molar-refractivity contribution in [2.45, 2.75) is 82.1 Å². The number of fused-ring (bicyclic) bond motifs is 2. The van der Waals surface area contributed by atoms with E-state index in [2.05, 4.69) is 39.4 Å². The van der Waals surface area contributed by atoms with Crippen LogP contribution in [0.25, 0.3) is 0 Å². The summed E-state index contributed by atoms with van der Waals surface area (Å²) in [4.78, 5) is 17.7. The number of amides is 1. The Balaban J connectivity index is 0.000000272. The highest BCUT2D eigenvalue weighted by molar-refractivity contribution is 7.97. The van der Waals surface area contributed by atoms with Gasteiger partial charge in [-0.15, -0.1) is 0 Å². The fourth-order valence-corrected chi connectivity index (χ4v) is 4.78. The summed E-state index contributed by atoms with van der Waals surface area (Å²) < 4.78 is 3.07. The van der Waals surface area contributed by atoms with Crippen LogP contribution in [0, 0.1) is 6.92 Å². The van der Waals surface area contributed by atoms with Crippen molar-refractivity contribution >= 4 is 35.0 Å². The Morgan fingerprint density at radius 2 is 1.88 bits per heavy atom. The number of pyridine rings is 1. The van der Waals surface area contributed by atoms with Crippen molar-refractivity contribution in [2.24, 2.45) is 0 Å². The molecule has 7 heteroatoms. The lowest BCUT2D eigenvalue weighted by atomic mass is 9.98. The zero-order valence-corrected chi connectivity index (χ0v) is 20.4. The van der Waals surface area contributed by atoms with Crippen molar-refractivity contribution in [3.05, 3.63) is 41.6 Å². The fraction of sp³-hybridized carbons (Fsp3) is 0.520. The van der Waals surface area contributed by atoms with Gasteiger partial charge in [0.15, 0.2) is 0 Å². The molecule has 0 radical (unpaired) electrons. The first-order chi connectivity index (χ1) is 15.5. The molecular formula is C25H36N4O2S. The van der Waals surface area contributed by atoms with E-state index in [1.807, 2.05) is 39.2 Å². The normalized spacial score (nSPS) is 18.0. The molecule has 1 spiro atoms. The molecular weight excluding hydrogens is 420 g/mol. The van der Waals surface area contributed by atoms with Crippen molar-refractivity contribution in [3.8, 4) is 0 Å². The Labute approximate surface area is 196 Å². The number of anilines is 3. The maximum Gasteiger partial charge on any atom is 0.235 e. The number of carbonyl (C=O) groups is 1. The molecule has 1 amide bonds. The predicted octanol–water partition coefficient (Wildman–Crippen LogP) is 5.68. The third-order valence-electron chi connectivity index (χ3n) is 6.11. The number of aliphatic hydroxyl groups is 1. The van der Waals surface area contributed by atoms with Gasteiger partial charge in [-0.05, 0) is 75.4 Å². The Hall–Kier alpha value is -2.09. The van der Waals surface area contributed by atoms with Crippen LogP contribution in [0.2, 0.25) is 0 Å². The summed E-state index contributed by atoms with van der Waals surface area (Å²) in [6, 6.07) is 8.16. The number of nitrogens with zero attached hydrogens (tertiary/aromatic N) is 1. The largest absolute Gasteiger partial charge is 0.393 e. The van der Waals surface area contributed by atoms with E-state index in [1.54, 1.807) is 11.9 Å². The number of nitrogens with one attached hydrogen (secondary N) is 3. The van der Waals surface area contributed by atoms with Crippen LogP contribution in [-0.2, 0) is 10.2 Å². The molecule has 3 aliphatic rings. The molecule has 0 unspecified atom stereocenters. The molecule has 0 atom stereocenters. The lowest BCUT2D eigenvalue weighted by molar-refractivity contribution is -0.117. The van der Waals surface area contributed by atoms with E-state index >= 15 is 0 Å². The number of aryl methyl sites for hydroxylation is 1. The first-order valence-corrected chi connectivity index (χ1v) is 12.5. The van der Waals surface area contributed by atoms with E-state index in [4.69, 9.17) is 5.11 Å². The zero-order chi connectivity index (χ0) is 23.1. The molecule has 1 aromatic heterocycles. The van der Waals surface area contributed by atoms with Gasteiger partial charge in [0.25, 0.3) is 0 Å². The maximum atomic E-state index is 12.1. The summed E-state index contributed by atoms with van der Waals surface area (Å²) >= 11 is 1.59. The van der Waals surface area contributed by atoms with Crippen LogP contribution >= 0.6 is 11.9 Å². The number of aliphatic hydroxyl groups excluding tert-OH is 1. The van der Waals surface area contributed by atoms with Gasteiger partial charge in [0.05, 0.1) is 17.2 Å². The Morgan fingerprint density at radius 3 is 2.44 bits per heavy atom. The van der Waals surface area contributed by atoms with E-state index < -0.39 is 0 Å². The minimum absolute atomic E-state index is 0.0359. The quantitative estimate of drug-likeness (QED) is 0.443. The topological polar surface area (TPSA) is 86.3 Å². The SMILES string of the molecule is CC.CNSc1ccc(Nc2cc3c(cn2)C2(CC2)C(=O)N3)c(C)c1.OC1CCCCC1. The predicted molar refractivity (Wildman–Crippen MR) is 134 cm³/mol. The van der Waals surface area contributed by atoms with Crippen LogP contribution in [0.5, 0.6) is 0 Å². The number of aromatic nitrogens is 1. The van der Waals surface area contributed by atoms with Crippen molar-refractivity contribution in [3.63, 3.8) is 0 Å². The Morgan fingerprint density at radius 1 is 1.16 bits per heavy atom. The number of benzene rings is 1. The second-order valence-electron chi connectivity index (χ2n) is 8.35. The lowest BCUT2D eigenvalue weighted by Gasteiger charge is -2.14. The summed E-state index contributed by atoms with van der Waals surface area (Å²) in [5.41, 5.74) is 3.83.